The van der Waals surface area contributed by atoms with Crippen LogP contribution in [0.4, 0.5) is 0 Å². The van der Waals surface area contributed by atoms with E-state index in [-0.39, 0.29) is 12.6 Å². The van der Waals surface area contributed by atoms with E-state index in [0.29, 0.717) is 24.5 Å². The van der Waals surface area contributed by atoms with E-state index in [4.69, 9.17) is 9.47 Å². The van der Waals surface area contributed by atoms with Gasteiger partial charge >= 0.3 is 0 Å². The van der Waals surface area contributed by atoms with Gasteiger partial charge in [0.25, 0.3) is 0 Å². The molecule has 0 bridgehead atoms. The van der Waals surface area contributed by atoms with Crippen molar-refractivity contribution in [2.45, 2.75) is 31.6 Å². The standard InChI is InChI=1S/C19H26N2O4/c1-14(9-19(23)15-5-4-8-20-11-15)21-12-16(22)13-25-18-7-3-6-17(10-18)24-2/h3-8,10-11,14,16,19,21-23H,9,12-13H2,1-2H3. The number of benzene rings is 1. The second kappa shape index (κ2) is 9.98. The number of hydrogen-bond acceptors (Lipinski definition) is 6. The van der Waals surface area contributed by atoms with Crippen molar-refractivity contribution >= 4 is 0 Å². The number of hydrogen-bond donors (Lipinski definition) is 3. The molecule has 2 aromatic rings. The van der Waals surface area contributed by atoms with Gasteiger partial charge in [-0.25, -0.2) is 0 Å². The van der Waals surface area contributed by atoms with Gasteiger partial charge < -0.3 is 25.0 Å². The van der Waals surface area contributed by atoms with Gasteiger partial charge in [-0.2, -0.15) is 0 Å². The largest absolute Gasteiger partial charge is 0.497 e. The van der Waals surface area contributed by atoms with Gasteiger partial charge in [0, 0.05) is 31.0 Å². The Morgan fingerprint density at radius 3 is 2.68 bits per heavy atom. The highest BCUT2D eigenvalue weighted by Gasteiger charge is 2.14. The van der Waals surface area contributed by atoms with Gasteiger partial charge in [0.2, 0.25) is 0 Å². The summed E-state index contributed by atoms with van der Waals surface area (Å²) in [5.41, 5.74) is 0.790. The van der Waals surface area contributed by atoms with Gasteiger partial charge in [0.15, 0.2) is 0 Å². The Bertz CT molecular complexity index is 624. The van der Waals surface area contributed by atoms with Crippen LogP contribution >= 0.6 is 0 Å². The summed E-state index contributed by atoms with van der Waals surface area (Å²) in [7, 11) is 1.60. The predicted molar refractivity (Wildman–Crippen MR) is 95.8 cm³/mol. The summed E-state index contributed by atoms with van der Waals surface area (Å²) in [6.07, 6.45) is 2.64. The molecular formula is C19H26N2O4. The number of nitrogens with one attached hydrogen (secondary N) is 1. The first kappa shape index (κ1) is 19.2. The van der Waals surface area contributed by atoms with Crippen molar-refractivity contribution < 1.29 is 19.7 Å². The molecule has 1 aromatic carbocycles. The first-order chi connectivity index (χ1) is 12.1. The molecular weight excluding hydrogens is 320 g/mol. The third-order valence-electron chi connectivity index (χ3n) is 3.83. The lowest BCUT2D eigenvalue weighted by Crippen LogP contribution is -2.37. The second-order valence-electron chi connectivity index (χ2n) is 5.99. The third-order valence-corrected chi connectivity index (χ3v) is 3.83. The molecule has 3 unspecified atom stereocenters. The van der Waals surface area contributed by atoms with E-state index in [1.165, 1.54) is 0 Å². The van der Waals surface area contributed by atoms with Crippen molar-refractivity contribution in [2.75, 3.05) is 20.3 Å². The molecule has 2 rings (SSSR count). The molecule has 1 aromatic heterocycles. The Morgan fingerprint density at radius 1 is 1.16 bits per heavy atom. The molecule has 0 saturated heterocycles. The van der Waals surface area contributed by atoms with Crippen LogP contribution in [-0.2, 0) is 0 Å². The molecule has 6 nitrogen and oxygen atoms in total. The van der Waals surface area contributed by atoms with Crippen LogP contribution in [0.15, 0.2) is 48.8 Å². The highest BCUT2D eigenvalue weighted by Crippen LogP contribution is 2.19. The number of aliphatic hydroxyl groups excluding tert-OH is 2. The van der Waals surface area contributed by atoms with Gasteiger partial charge in [-0.3, -0.25) is 4.98 Å². The molecule has 0 saturated carbocycles. The molecule has 1 heterocycles. The molecule has 0 amide bonds. The molecule has 0 spiro atoms. The normalized spacial score (nSPS) is 14.6. The van der Waals surface area contributed by atoms with Gasteiger partial charge in [0.05, 0.1) is 13.2 Å². The monoisotopic (exact) mass is 346 g/mol. The van der Waals surface area contributed by atoms with Gasteiger partial charge in [0.1, 0.15) is 24.2 Å². The number of rotatable bonds is 10. The van der Waals surface area contributed by atoms with Crippen LogP contribution < -0.4 is 14.8 Å². The Hall–Kier alpha value is -2.15. The van der Waals surface area contributed by atoms with E-state index in [9.17, 15) is 10.2 Å². The molecule has 136 valence electrons. The quantitative estimate of drug-likeness (QED) is 0.610. The Balaban J connectivity index is 1.69. The highest BCUT2D eigenvalue weighted by molar-refractivity contribution is 5.32. The van der Waals surface area contributed by atoms with Gasteiger partial charge in [-0.15, -0.1) is 0 Å². The van der Waals surface area contributed by atoms with Gasteiger partial charge in [-0.1, -0.05) is 12.1 Å². The van der Waals surface area contributed by atoms with Crippen LogP contribution in [0.25, 0.3) is 0 Å². The zero-order chi connectivity index (χ0) is 18.1. The van der Waals surface area contributed by atoms with Crippen molar-refractivity contribution in [1.29, 1.82) is 0 Å². The number of aliphatic hydroxyl groups is 2. The van der Waals surface area contributed by atoms with E-state index in [1.807, 2.05) is 31.2 Å². The highest BCUT2D eigenvalue weighted by atomic mass is 16.5. The van der Waals surface area contributed by atoms with E-state index in [2.05, 4.69) is 10.3 Å². The van der Waals surface area contributed by atoms with E-state index in [0.717, 1.165) is 5.56 Å². The fraction of sp³-hybridized carbons (Fsp3) is 0.421. The zero-order valence-corrected chi connectivity index (χ0v) is 14.6. The Kier molecular flexibility index (Phi) is 7.66. The third kappa shape index (κ3) is 6.70. The van der Waals surface area contributed by atoms with Crippen LogP contribution in [0.5, 0.6) is 11.5 Å². The van der Waals surface area contributed by atoms with Crippen molar-refractivity contribution in [3.05, 3.63) is 54.4 Å². The fourth-order valence-electron chi connectivity index (χ4n) is 2.41. The molecule has 0 aliphatic heterocycles. The lowest BCUT2D eigenvalue weighted by Gasteiger charge is -2.20. The van der Waals surface area contributed by atoms with Crippen LogP contribution in [0.1, 0.15) is 25.0 Å². The topological polar surface area (TPSA) is 83.8 Å². The van der Waals surface area contributed by atoms with E-state index >= 15 is 0 Å². The maximum absolute atomic E-state index is 10.2. The number of aromatic nitrogens is 1. The molecule has 0 aliphatic carbocycles. The van der Waals surface area contributed by atoms with Crippen molar-refractivity contribution in [1.82, 2.24) is 10.3 Å². The first-order valence-electron chi connectivity index (χ1n) is 8.34. The first-order valence-corrected chi connectivity index (χ1v) is 8.34. The lowest BCUT2D eigenvalue weighted by molar-refractivity contribution is 0.0986. The number of pyridine rings is 1. The average Bonchev–Trinajstić information content (AvgIpc) is 2.65. The molecule has 3 atom stereocenters. The summed E-state index contributed by atoms with van der Waals surface area (Å²) in [4.78, 5) is 4.01. The number of ether oxygens (including phenoxy) is 2. The molecule has 0 aliphatic rings. The second-order valence-corrected chi connectivity index (χ2v) is 5.99. The summed E-state index contributed by atoms with van der Waals surface area (Å²) in [5, 5.41) is 23.4. The van der Waals surface area contributed by atoms with E-state index < -0.39 is 12.2 Å². The van der Waals surface area contributed by atoms with Crippen molar-refractivity contribution in [3.63, 3.8) is 0 Å². The summed E-state index contributed by atoms with van der Waals surface area (Å²) in [6.45, 7) is 2.53. The van der Waals surface area contributed by atoms with Crippen LogP contribution in [-0.4, -0.2) is 47.6 Å². The maximum Gasteiger partial charge on any atom is 0.123 e. The van der Waals surface area contributed by atoms with E-state index in [1.54, 1.807) is 31.6 Å². The lowest BCUT2D eigenvalue weighted by atomic mass is 10.0. The predicted octanol–water partition coefficient (Wildman–Crippen LogP) is 1.93. The Morgan fingerprint density at radius 2 is 1.96 bits per heavy atom. The summed E-state index contributed by atoms with van der Waals surface area (Å²) >= 11 is 0. The summed E-state index contributed by atoms with van der Waals surface area (Å²) in [5.74, 6) is 1.36. The summed E-state index contributed by atoms with van der Waals surface area (Å²) in [6, 6.07) is 10.9. The maximum atomic E-state index is 10.2. The average molecular weight is 346 g/mol. The minimum absolute atomic E-state index is 0.0432. The van der Waals surface area contributed by atoms with Crippen LogP contribution in [0.3, 0.4) is 0 Å². The van der Waals surface area contributed by atoms with Crippen molar-refractivity contribution in [3.8, 4) is 11.5 Å². The molecule has 3 N–H and O–H groups in total. The van der Waals surface area contributed by atoms with Crippen molar-refractivity contribution in [2.24, 2.45) is 0 Å². The van der Waals surface area contributed by atoms with Gasteiger partial charge in [-0.05, 0) is 37.1 Å². The van der Waals surface area contributed by atoms with Crippen LogP contribution in [0.2, 0.25) is 0 Å². The number of methoxy groups -OCH3 is 1. The zero-order valence-electron chi connectivity index (χ0n) is 14.6. The SMILES string of the molecule is COc1cccc(OCC(O)CNC(C)CC(O)c2cccnc2)c1. The Labute approximate surface area is 148 Å². The molecule has 0 fully saturated rings. The fourth-order valence-corrected chi connectivity index (χ4v) is 2.41. The minimum atomic E-state index is -0.649. The van der Waals surface area contributed by atoms with Crippen LogP contribution in [0, 0.1) is 0 Å². The number of nitrogens with zero attached hydrogens (tertiary/aromatic N) is 1. The smallest absolute Gasteiger partial charge is 0.123 e. The molecule has 0 radical (unpaired) electrons. The minimum Gasteiger partial charge on any atom is -0.497 e. The summed E-state index contributed by atoms with van der Waals surface area (Å²) < 4.78 is 10.7. The molecule has 25 heavy (non-hydrogen) atoms. The molecule has 6 heteroatoms.